The smallest absolute Gasteiger partial charge is 0.407 e. The minimum absolute atomic E-state index is 0.0294. The minimum Gasteiger partial charge on any atom is -0.453 e. The molecule has 5 atom stereocenters. The Labute approximate surface area is 344 Å². The first-order valence-electron chi connectivity index (χ1n) is 20.4. The predicted molar refractivity (Wildman–Crippen MR) is 227 cm³/mol. The number of ether oxygens (including phenoxy) is 1. The monoisotopic (exact) mass is 823 g/mol. The number of methoxy groups -OCH3 is 1. The Morgan fingerprint density at radius 2 is 1.63 bits per heavy atom. The van der Waals surface area contributed by atoms with Crippen LogP contribution in [0.1, 0.15) is 64.3 Å². The molecule has 0 radical (unpaired) electrons. The van der Waals surface area contributed by atoms with Crippen LogP contribution in [0.4, 0.5) is 9.18 Å². The molecule has 59 heavy (non-hydrogen) atoms. The molecule has 0 saturated carbocycles. The van der Waals surface area contributed by atoms with Crippen LogP contribution in [0, 0.1) is 17.8 Å². The maximum Gasteiger partial charge on any atom is 0.407 e. The molecule has 3 amide bonds. The summed E-state index contributed by atoms with van der Waals surface area (Å²) in [7, 11) is -0.547. The molecule has 0 bridgehead atoms. The van der Waals surface area contributed by atoms with Crippen molar-refractivity contribution in [1.82, 2.24) is 35.1 Å². The fourth-order valence-electron chi connectivity index (χ4n) is 8.70. The number of likely N-dealkylation sites (tertiary alicyclic amines) is 1. The fourth-order valence-corrected chi connectivity index (χ4v) is 11.6. The summed E-state index contributed by atoms with van der Waals surface area (Å²) in [6.07, 6.45) is 0.559. The van der Waals surface area contributed by atoms with Gasteiger partial charge >= 0.3 is 6.09 Å². The Morgan fingerprint density at radius 3 is 2.31 bits per heavy atom. The van der Waals surface area contributed by atoms with E-state index >= 15 is 0 Å². The number of H-pyrrole nitrogens is 2. The number of amides is 3. The molecule has 2 aliphatic heterocycles. The second kappa shape index (κ2) is 16.7. The molecule has 5 aromatic rings. The number of aliphatic hydroxyl groups excluding tert-OH is 1. The Hall–Kier alpha value is -5.41. The first kappa shape index (κ1) is 41.7. The summed E-state index contributed by atoms with van der Waals surface area (Å²) in [4.78, 5) is 71.7. The van der Waals surface area contributed by atoms with Gasteiger partial charge in [0.05, 0.1) is 56.7 Å². The number of carbonyl (C=O) groups is 4. The lowest BCUT2D eigenvalue weighted by atomic mass is 9.89. The second-order valence-corrected chi connectivity index (χ2v) is 22.6. The topological polar surface area (TPSA) is 174 Å². The average molecular weight is 824 g/mol. The van der Waals surface area contributed by atoms with Crippen molar-refractivity contribution < 1.29 is 33.4 Å². The summed E-state index contributed by atoms with van der Waals surface area (Å²) in [6, 6.07) is 17.6. The van der Waals surface area contributed by atoms with Crippen molar-refractivity contribution in [2.45, 2.75) is 84.0 Å². The zero-order valence-corrected chi connectivity index (χ0v) is 35.7. The quantitative estimate of drug-likeness (QED) is 0.0963. The molecule has 13 nitrogen and oxygen atoms in total. The summed E-state index contributed by atoms with van der Waals surface area (Å²) in [5.74, 6) is -0.308. The van der Waals surface area contributed by atoms with Crippen LogP contribution in [0.2, 0.25) is 19.1 Å². The van der Waals surface area contributed by atoms with E-state index in [9.17, 15) is 28.7 Å². The highest BCUT2D eigenvalue weighted by Gasteiger charge is 2.46. The van der Waals surface area contributed by atoms with Gasteiger partial charge < -0.3 is 34.9 Å². The SMILES string of the molecule is COC(=O)N[C@H](C(=O)N1CC(F)CC1c1ncc(-c2ccc(-c3ccc4c(ccc5nc([C@@H]6C[Si](C)(C)CN6C(=O)C(CC(=O)CO)C(C)C)[nH]c54)c3)cc2)[nH]1)C(C)C. The number of aromatic amines is 2. The van der Waals surface area contributed by atoms with Crippen molar-refractivity contribution in [3.63, 3.8) is 0 Å². The standard InChI is InChI=1S/C44H54FN7O6Si/c1-24(2)33(18-31(54)21-53)42(55)52-23-59(6,7)22-37(52)41-47-34-15-13-29-16-28(12-14-32(29)39(34)49-41)26-8-10-27(11-9-26)35-19-46-40(48-35)36-17-30(45)20-51(36)43(56)38(25(3)4)50-44(57)58-5/h8-16,19,24-25,30,33,36-38,53H,17-18,20-23H2,1-7H3,(H,46,48)(H,47,49)(H,50,57)/t30?,33?,36?,37-,38-/m0/s1. The Balaban J connectivity index is 1.10. The van der Waals surface area contributed by atoms with E-state index in [0.717, 1.165) is 56.1 Å². The van der Waals surface area contributed by atoms with E-state index in [1.807, 2.05) is 62.9 Å². The molecule has 3 aromatic carbocycles. The number of alkyl carbamates (subject to hydrolysis) is 1. The second-order valence-electron chi connectivity index (χ2n) is 17.6. The highest BCUT2D eigenvalue weighted by atomic mass is 28.3. The van der Waals surface area contributed by atoms with E-state index in [4.69, 9.17) is 9.72 Å². The number of aliphatic hydroxyl groups is 1. The molecule has 0 aliphatic carbocycles. The number of halogens is 1. The number of benzene rings is 3. The maximum absolute atomic E-state index is 14.8. The summed E-state index contributed by atoms with van der Waals surface area (Å²) in [5, 5.41) is 14.1. The number of nitrogens with zero attached hydrogens (tertiary/aromatic N) is 4. The lowest BCUT2D eigenvalue weighted by molar-refractivity contribution is -0.140. The van der Waals surface area contributed by atoms with Crippen LogP contribution in [-0.4, -0.2) is 105 Å². The normalized spacial score (nSPS) is 20.2. The van der Waals surface area contributed by atoms with Crippen LogP contribution < -0.4 is 5.32 Å². The van der Waals surface area contributed by atoms with Gasteiger partial charge in [0.2, 0.25) is 11.8 Å². The molecular weight excluding hydrogens is 770 g/mol. The highest BCUT2D eigenvalue weighted by molar-refractivity contribution is 6.78. The Kier molecular flexibility index (Phi) is 11.8. The van der Waals surface area contributed by atoms with Crippen molar-refractivity contribution in [2.24, 2.45) is 17.8 Å². The van der Waals surface area contributed by atoms with Gasteiger partial charge in [0.25, 0.3) is 0 Å². The van der Waals surface area contributed by atoms with Crippen molar-refractivity contribution >= 4 is 53.6 Å². The Bertz CT molecular complexity index is 2380. The third kappa shape index (κ3) is 8.53. The molecule has 4 N–H and O–H groups in total. The number of rotatable bonds is 12. The van der Waals surface area contributed by atoms with E-state index in [0.29, 0.717) is 12.0 Å². The van der Waals surface area contributed by atoms with Crippen molar-refractivity contribution in [3.05, 3.63) is 72.4 Å². The molecule has 3 unspecified atom stereocenters. The number of hydrogen-bond acceptors (Lipinski definition) is 8. The largest absolute Gasteiger partial charge is 0.453 e. The minimum atomic E-state index is -1.78. The van der Waals surface area contributed by atoms with Gasteiger partial charge in [-0.1, -0.05) is 83.3 Å². The maximum atomic E-state index is 14.8. The van der Waals surface area contributed by atoms with Crippen molar-refractivity contribution in [3.8, 4) is 22.4 Å². The number of hydrogen-bond donors (Lipinski definition) is 4. The zero-order valence-electron chi connectivity index (χ0n) is 34.7. The lowest BCUT2D eigenvalue weighted by Gasteiger charge is -2.30. The molecule has 4 heterocycles. The third-order valence-electron chi connectivity index (χ3n) is 11.9. The molecule has 2 saturated heterocycles. The van der Waals surface area contributed by atoms with E-state index in [-0.39, 0.29) is 54.9 Å². The zero-order chi connectivity index (χ0) is 42.3. The average Bonchev–Trinajstić information content (AvgIpc) is 4.02. The predicted octanol–water partition coefficient (Wildman–Crippen LogP) is 7.12. The van der Waals surface area contributed by atoms with E-state index in [2.05, 4.69) is 57.6 Å². The van der Waals surface area contributed by atoms with Gasteiger partial charge in [-0.25, -0.2) is 19.2 Å². The highest BCUT2D eigenvalue weighted by Crippen LogP contribution is 2.41. The number of Topliss-reactive ketones (excluding diaryl/α,β-unsaturated/α-hetero) is 1. The molecule has 312 valence electrons. The number of aromatic nitrogens is 4. The van der Waals surface area contributed by atoms with Crippen LogP contribution in [0.3, 0.4) is 0 Å². The summed E-state index contributed by atoms with van der Waals surface area (Å²) >= 11 is 0. The van der Waals surface area contributed by atoms with Gasteiger partial charge in [-0.2, -0.15) is 0 Å². The molecule has 0 spiro atoms. The first-order chi connectivity index (χ1) is 28.1. The number of nitrogens with one attached hydrogen (secondary N) is 3. The molecule has 15 heteroatoms. The van der Waals surface area contributed by atoms with E-state index in [1.54, 1.807) is 6.20 Å². The molecular formula is C44H54FN7O6Si. The van der Waals surface area contributed by atoms with Crippen LogP contribution in [0.15, 0.2) is 60.8 Å². The first-order valence-corrected chi connectivity index (χ1v) is 23.8. The van der Waals surface area contributed by atoms with Crippen LogP contribution in [-0.2, 0) is 19.1 Å². The molecule has 7 rings (SSSR count). The lowest BCUT2D eigenvalue weighted by Crippen LogP contribution is -2.51. The van der Waals surface area contributed by atoms with E-state index < -0.39 is 44.9 Å². The number of imidazole rings is 2. The van der Waals surface area contributed by atoms with Crippen molar-refractivity contribution in [1.29, 1.82) is 0 Å². The number of fused-ring (bicyclic) bond motifs is 3. The molecule has 2 aromatic heterocycles. The van der Waals surface area contributed by atoms with Gasteiger partial charge in [-0.3, -0.25) is 14.4 Å². The Morgan fingerprint density at radius 1 is 0.915 bits per heavy atom. The van der Waals surface area contributed by atoms with Gasteiger partial charge in [0, 0.05) is 30.3 Å². The van der Waals surface area contributed by atoms with Crippen LogP contribution in [0.25, 0.3) is 44.2 Å². The summed E-state index contributed by atoms with van der Waals surface area (Å²) in [6.45, 7) is 11.4. The molecule has 2 fully saturated rings. The number of ketones is 1. The van der Waals surface area contributed by atoms with Gasteiger partial charge in [0.1, 0.15) is 30.5 Å². The number of alkyl halides is 1. The van der Waals surface area contributed by atoms with Crippen LogP contribution in [0.5, 0.6) is 0 Å². The van der Waals surface area contributed by atoms with Gasteiger partial charge in [-0.05, 0) is 52.1 Å². The molecule has 2 aliphatic rings. The van der Waals surface area contributed by atoms with Gasteiger partial charge in [-0.15, -0.1) is 0 Å². The van der Waals surface area contributed by atoms with E-state index in [1.165, 1.54) is 12.0 Å². The number of carbonyl (C=O) groups excluding carboxylic acids is 4. The fraction of sp³-hybridized carbons (Fsp3) is 0.455. The third-order valence-corrected chi connectivity index (χ3v) is 14.6. The van der Waals surface area contributed by atoms with Crippen LogP contribution >= 0.6 is 0 Å². The summed E-state index contributed by atoms with van der Waals surface area (Å²) < 4.78 is 19.5. The summed E-state index contributed by atoms with van der Waals surface area (Å²) in [5.41, 5.74) is 5.38. The van der Waals surface area contributed by atoms with Crippen molar-refractivity contribution in [2.75, 3.05) is 26.4 Å². The van der Waals surface area contributed by atoms with Gasteiger partial charge in [0.15, 0.2) is 5.78 Å².